The molecular formula is C23H40O. The predicted octanol–water partition coefficient (Wildman–Crippen LogP) is 6.20. The molecule has 1 heteroatoms. The molecule has 0 aromatic heterocycles. The average molecular weight is 333 g/mol. The van der Waals surface area contributed by atoms with E-state index in [1.165, 1.54) is 70.6 Å². The number of aliphatic hydroxyl groups excluding tert-OH is 1. The highest BCUT2D eigenvalue weighted by Gasteiger charge is 2.61. The largest absolute Gasteiger partial charge is 0.393 e. The SMILES string of the molecule is CCCCC1CCC2C3C(O)CC4CCCCC4(C)C3CCC12C. The van der Waals surface area contributed by atoms with Crippen LogP contribution in [0.1, 0.15) is 97.8 Å². The molecule has 24 heavy (non-hydrogen) atoms. The third kappa shape index (κ3) is 2.43. The summed E-state index contributed by atoms with van der Waals surface area (Å²) in [6, 6.07) is 0. The van der Waals surface area contributed by atoms with Crippen molar-refractivity contribution in [2.45, 2.75) is 104 Å². The smallest absolute Gasteiger partial charge is 0.0577 e. The highest BCUT2D eigenvalue weighted by molar-refractivity contribution is 5.10. The van der Waals surface area contributed by atoms with Crippen molar-refractivity contribution in [1.82, 2.24) is 0 Å². The van der Waals surface area contributed by atoms with Gasteiger partial charge in [-0.15, -0.1) is 0 Å². The number of fused-ring (bicyclic) bond motifs is 5. The maximum absolute atomic E-state index is 11.2. The summed E-state index contributed by atoms with van der Waals surface area (Å²) in [7, 11) is 0. The van der Waals surface area contributed by atoms with Crippen molar-refractivity contribution in [3.63, 3.8) is 0 Å². The lowest BCUT2D eigenvalue weighted by Crippen LogP contribution is -2.57. The Balaban J connectivity index is 1.60. The lowest BCUT2D eigenvalue weighted by atomic mass is 9.44. The Hall–Kier alpha value is -0.0400. The van der Waals surface area contributed by atoms with Crippen LogP contribution in [0.25, 0.3) is 0 Å². The molecule has 1 N–H and O–H groups in total. The van der Waals surface area contributed by atoms with Gasteiger partial charge in [-0.1, -0.05) is 46.5 Å². The molecule has 4 rings (SSSR count). The van der Waals surface area contributed by atoms with E-state index >= 15 is 0 Å². The summed E-state index contributed by atoms with van der Waals surface area (Å²) >= 11 is 0. The number of unbranched alkanes of at least 4 members (excludes halogenated alkanes) is 1. The topological polar surface area (TPSA) is 20.2 Å². The van der Waals surface area contributed by atoms with Gasteiger partial charge in [-0.05, 0) is 91.8 Å². The van der Waals surface area contributed by atoms with E-state index in [0.29, 0.717) is 16.7 Å². The molecule has 0 spiro atoms. The molecule has 0 aliphatic heterocycles. The van der Waals surface area contributed by atoms with Crippen molar-refractivity contribution in [3.05, 3.63) is 0 Å². The monoisotopic (exact) mass is 332 g/mol. The number of hydrogen-bond donors (Lipinski definition) is 1. The van der Waals surface area contributed by atoms with Gasteiger partial charge in [-0.3, -0.25) is 0 Å². The molecule has 1 nitrogen and oxygen atoms in total. The van der Waals surface area contributed by atoms with E-state index in [2.05, 4.69) is 20.8 Å². The second kappa shape index (κ2) is 6.29. The summed E-state index contributed by atoms with van der Waals surface area (Å²) < 4.78 is 0. The molecule has 0 heterocycles. The van der Waals surface area contributed by atoms with Crippen molar-refractivity contribution >= 4 is 0 Å². The average Bonchev–Trinajstić information content (AvgIpc) is 2.90. The van der Waals surface area contributed by atoms with Crippen LogP contribution in [-0.4, -0.2) is 11.2 Å². The first-order chi connectivity index (χ1) is 11.5. The summed E-state index contributed by atoms with van der Waals surface area (Å²) in [5, 5.41) is 11.2. The fourth-order valence-electron chi connectivity index (χ4n) is 8.29. The van der Waals surface area contributed by atoms with Gasteiger partial charge < -0.3 is 5.11 Å². The lowest BCUT2D eigenvalue weighted by Gasteiger charge is -2.62. The molecule has 8 atom stereocenters. The summed E-state index contributed by atoms with van der Waals surface area (Å²) in [5.74, 6) is 3.99. The molecule has 4 saturated carbocycles. The van der Waals surface area contributed by atoms with Crippen molar-refractivity contribution in [1.29, 1.82) is 0 Å². The second-order valence-corrected chi connectivity index (χ2v) is 10.5. The Bertz CT molecular complexity index is 459. The Labute approximate surface area is 150 Å². The highest BCUT2D eigenvalue weighted by Crippen LogP contribution is 2.67. The van der Waals surface area contributed by atoms with E-state index in [0.717, 1.165) is 30.1 Å². The van der Waals surface area contributed by atoms with E-state index in [1.807, 2.05) is 0 Å². The minimum absolute atomic E-state index is 0.000671. The fourth-order valence-corrected chi connectivity index (χ4v) is 8.29. The Morgan fingerprint density at radius 2 is 1.71 bits per heavy atom. The third-order valence-electron chi connectivity index (χ3n) is 9.70. The van der Waals surface area contributed by atoms with E-state index in [-0.39, 0.29) is 6.10 Å². The van der Waals surface area contributed by atoms with E-state index < -0.39 is 0 Å². The van der Waals surface area contributed by atoms with Crippen molar-refractivity contribution in [3.8, 4) is 0 Å². The zero-order chi connectivity index (χ0) is 16.9. The van der Waals surface area contributed by atoms with Crippen molar-refractivity contribution in [2.24, 2.45) is 40.4 Å². The van der Waals surface area contributed by atoms with E-state index in [4.69, 9.17) is 0 Å². The fraction of sp³-hybridized carbons (Fsp3) is 1.00. The first-order valence-electron chi connectivity index (χ1n) is 11.2. The van der Waals surface area contributed by atoms with Gasteiger partial charge in [0.15, 0.2) is 0 Å². The van der Waals surface area contributed by atoms with Gasteiger partial charge in [0.2, 0.25) is 0 Å². The molecule has 4 fully saturated rings. The maximum Gasteiger partial charge on any atom is 0.0577 e. The third-order valence-corrected chi connectivity index (χ3v) is 9.70. The standard InChI is InChI=1S/C23H40O/c1-4-5-8-16-10-11-18-21-19(12-14-23(16,18)3)22(2)13-7-6-9-17(22)15-20(21)24/h16-21,24H,4-15H2,1-3H3. The molecule has 4 aliphatic rings. The van der Waals surface area contributed by atoms with Crippen molar-refractivity contribution in [2.75, 3.05) is 0 Å². The van der Waals surface area contributed by atoms with Crippen LogP contribution >= 0.6 is 0 Å². The molecule has 0 aromatic carbocycles. The molecule has 0 radical (unpaired) electrons. The van der Waals surface area contributed by atoms with Crippen LogP contribution < -0.4 is 0 Å². The summed E-state index contributed by atoms with van der Waals surface area (Å²) in [6.45, 7) is 7.57. The Kier molecular flexibility index (Phi) is 4.55. The van der Waals surface area contributed by atoms with Gasteiger partial charge in [0, 0.05) is 0 Å². The number of aliphatic hydroxyl groups is 1. The van der Waals surface area contributed by atoms with Gasteiger partial charge in [0.05, 0.1) is 6.10 Å². The zero-order valence-electron chi connectivity index (χ0n) is 16.4. The Morgan fingerprint density at radius 1 is 0.917 bits per heavy atom. The minimum atomic E-state index is 0.000671. The normalized spacial score (nSPS) is 54.0. The molecule has 0 bridgehead atoms. The van der Waals surface area contributed by atoms with Crippen LogP contribution in [0.3, 0.4) is 0 Å². The van der Waals surface area contributed by atoms with Gasteiger partial charge in [-0.2, -0.15) is 0 Å². The molecule has 0 aromatic rings. The summed E-state index contributed by atoms with van der Waals surface area (Å²) in [5.41, 5.74) is 1.08. The quantitative estimate of drug-likeness (QED) is 0.652. The molecule has 8 unspecified atom stereocenters. The van der Waals surface area contributed by atoms with E-state index in [9.17, 15) is 5.11 Å². The van der Waals surface area contributed by atoms with Gasteiger partial charge in [-0.25, -0.2) is 0 Å². The van der Waals surface area contributed by atoms with Crippen LogP contribution in [-0.2, 0) is 0 Å². The van der Waals surface area contributed by atoms with Crippen LogP contribution in [0.4, 0.5) is 0 Å². The van der Waals surface area contributed by atoms with Crippen molar-refractivity contribution < 1.29 is 5.11 Å². The van der Waals surface area contributed by atoms with Gasteiger partial charge in [0.25, 0.3) is 0 Å². The Morgan fingerprint density at radius 3 is 2.50 bits per heavy atom. The zero-order valence-corrected chi connectivity index (χ0v) is 16.4. The molecular weight excluding hydrogens is 292 g/mol. The number of rotatable bonds is 3. The first-order valence-corrected chi connectivity index (χ1v) is 11.2. The van der Waals surface area contributed by atoms with Gasteiger partial charge >= 0.3 is 0 Å². The van der Waals surface area contributed by atoms with Crippen LogP contribution in [0.15, 0.2) is 0 Å². The molecule has 138 valence electrons. The summed E-state index contributed by atoms with van der Waals surface area (Å²) in [4.78, 5) is 0. The predicted molar refractivity (Wildman–Crippen MR) is 101 cm³/mol. The number of hydrogen-bond acceptors (Lipinski definition) is 1. The molecule has 4 aliphatic carbocycles. The van der Waals surface area contributed by atoms with E-state index in [1.54, 1.807) is 0 Å². The molecule has 0 amide bonds. The summed E-state index contributed by atoms with van der Waals surface area (Å²) in [6.07, 6.45) is 16.7. The van der Waals surface area contributed by atoms with Crippen LogP contribution in [0.5, 0.6) is 0 Å². The lowest BCUT2D eigenvalue weighted by molar-refractivity contribution is -0.162. The second-order valence-electron chi connectivity index (χ2n) is 10.5. The highest BCUT2D eigenvalue weighted by atomic mass is 16.3. The molecule has 0 saturated heterocycles. The maximum atomic E-state index is 11.2. The first kappa shape index (κ1) is 17.4. The van der Waals surface area contributed by atoms with Gasteiger partial charge in [0.1, 0.15) is 0 Å². The van der Waals surface area contributed by atoms with Crippen LogP contribution in [0, 0.1) is 40.4 Å². The minimum Gasteiger partial charge on any atom is -0.393 e. The van der Waals surface area contributed by atoms with Crippen LogP contribution in [0.2, 0.25) is 0 Å².